The minimum Gasteiger partial charge on any atom is -0.389 e. The third kappa shape index (κ3) is 3.22. The molecule has 0 bridgehead atoms. The Hall–Kier alpha value is -0.540. The number of pyridine rings is 1. The first kappa shape index (κ1) is 11.9. The zero-order valence-electron chi connectivity index (χ0n) is 9.72. The lowest BCUT2D eigenvalue weighted by atomic mass is 10.0. The average Bonchev–Trinajstić information content (AvgIpc) is 2.31. The van der Waals surface area contributed by atoms with Crippen LogP contribution in [0.15, 0.2) is 23.4 Å². The van der Waals surface area contributed by atoms with E-state index in [2.05, 4.69) is 4.98 Å². The Morgan fingerprint density at radius 1 is 1.31 bits per heavy atom. The van der Waals surface area contributed by atoms with E-state index >= 15 is 0 Å². The van der Waals surface area contributed by atoms with Crippen molar-refractivity contribution in [3.05, 3.63) is 23.9 Å². The van der Waals surface area contributed by atoms with Crippen LogP contribution in [0.5, 0.6) is 0 Å². The molecule has 1 aliphatic rings. The number of aliphatic hydroxyl groups excluding tert-OH is 1. The monoisotopic (exact) mass is 237 g/mol. The summed E-state index contributed by atoms with van der Waals surface area (Å²) in [6, 6.07) is 4.00. The van der Waals surface area contributed by atoms with Gasteiger partial charge in [-0.25, -0.2) is 4.98 Å². The van der Waals surface area contributed by atoms with E-state index < -0.39 is 6.10 Å². The molecule has 0 spiro atoms. The molecule has 1 N–H and O–H groups in total. The van der Waals surface area contributed by atoms with Crippen molar-refractivity contribution in [3.63, 3.8) is 0 Å². The van der Waals surface area contributed by atoms with E-state index in [1.165, 1.54) is 32.1 Å². The lowest BCUT2D eigenvalue weighted by molar-refractivity contribution is 0.198. The van der Waals surface area contributed by atoms with Gasteiger partial charge in [0.2, 0.25) is 0 Å². The molecule has 88 valence electrons. The highest BCUT2D eigenvalue weighted by molar-refractivity contribution is 7.99. The maximum atomic E-state index is 9.39. The van der Waals surface area contributed by atoms with Crippen molar-refractivity contribution < 1.29 is 5.11 Å². The third-order valence-electron chi connectivity index (χ3n) is 3.08. The van der Waals surface area contributed by atoms with Crippen molar-refractivity contribution in [2.45, 2.75) is 55.4 Å². The summed E-state index contributed by atoms with van der Waals surface area (Å²) in [7, 11) is 0. The second kappa shape index (κ2) is 5.69. The summed E-state index contributed by atoms with van der Waals surface area (Å²) < 4.78 is 0. The van der Waals surface area contributed by atoms with Gasteiger partial charge in [0.05, 0.1) is 11.1 Å². The number of rotatable bonds is 3. The van der Waals surface area contributed by atoms with Crippen LogP contribution < -0.4 is 0 Å². The highest BCUT2D eigenvalue weighted by Gasteiger charge is 2.15. The molecule has 0 aromatic carbocycles. The van der Waals surface area contributed by atoms with Crippen LogP contribution in [0.1, 0.15) is 50.7 Å². The highest BCUT2D eigenvalue weighted by atomic mass is 32.2. The summed E-state index contributed by atoms with van der Waals surface area (Å²) in [6.07, 6.45) is 8.14. The van der Waals surface area contributed by atoms with E-state index in [9.17, 15) is 5.11 Å². The van der Waals surface area contributed by atoms with Gasteiger partial charge in [0.25, 0.3) is 0 Å². The van der Waals surface area contributed by atoms with Gasteiger partial charge in [0, 0.05) is 11.4 Å². The topological polar surface area (TPSA) is 33.1 Å². The normalized spacial score (nSPS) is 19.6. The first-order valence-corrected chi connectivity index (χ1v) is 6.94. The van der Waals surface area contributed by atoms with Gasteiger partial charge in [-0.15, -0.1) is 11.8 Å². The number of hydrogen-bond donors (Lipinski definition) is 1. The standard InChI is InChI=1S/C13H19NOS/c1-10(15)11-7-8-13(14-9-11)16-12-5-3-2-4-6-12/h7-10,12,15H,2-6H2,1H3/t10-/m0/s1. The van der Waals surface area contributed by atoms with E-state index in [-0.39, 0.29) is 0 Å². The number of hydrogen-bond acceptors (Lipinski definition) is 3. The second-order valence-corrected chi connectivity index (χ2v) is 5.80. The summed E-state index contributed by atoms with van der Waals surface area (Å²) in [6.45, 7) is 1.77. The molecule has 1 atom stereocenters. The first-order chi connectivity index (χ1) is 7.75. The lowest BCUT2D eigenvalue weighted by Gasteiger charge is -2.20. The molecule has 2 rings (SSSR count). The van der Waals surface area contributed by atoms with Gasteiger partial charge in [-0.2, -0.15) is 0 Å². The van der Waals surface area contributed by atoms with Gasteiger partial charge in [-0.3, -0.25) is 0 Å². The number of nitrogens with zero attached hydrogens (tertiary/aromatic N) is 1. The maximum absolute atomic E-state index is 9.39. The predicted octanol–water partition coefficient (Wildman–Crippen LogP) is 3.56. The second-order valence-electron chi connectivity index (χ2n) is 4.48. The Morgan fingerprint density at radius 2 is 2.06 bits per heavy atom. The van der Waals surface area contributed by atoms with Crippen LogP contribution in [-0.4, -0.2) is 15.3 Å². The van der Waals surface area contributed by atoms with Gasteiger partial charge in [0.1, 0.15) is 0 Å². The van der Waals surface area contributed by atoms with Crippen molar-refractivity contribution in [2.75, 3.05) is 0 Å². The Balaban J connectivity index is 1.93. The van der Waals surface area contributed by atoms with E-state index in [0.29, 0.717) is 0 Å². The van der Waals surface area contributed by atoms with Crippen molar-refractivity contribution in [1.82, 2.24) is 4.98 Å². The smallest absolute Gasteiger partial charge is 0.0962 e. The molecule has 1 saturated carbocycles. The SMILES string of the molecule is C[C@H](O)c1ccc(SC2CCCCC2)nc1. The van der Waals surface area contributed by atoms with Crippen molar-refractivity contribution >= 4 is 11.8 Å². The molecule has 0 amide bonds. The van der Waals surface area contributed by atoms with E-state index in [4.69, 9.17) is 0 Å². The molecule has 0 aliphatic heterocycles. The Kier molecular flexibility index (Phi) is 4.24. The average molecular weight is 237 g/mol. The Bertz CT molecular complexity index is 317. The quantitative estimate of drug-likeness (QED) is 0.872. The summed E-state index contributed by atoms with van der Waals surface area (Å²) >= 11 is 1.89. The summed E-state index contributed by atoms with van der Waals surface area (Å²) in [5.74, 6) is 0. The van der Waals surface area contributed by atoms with E-state index in [0.717, 1.165) is 15.8 Å². The molecule has 0 saturated heterocycles. The molecule has 1 fully saturated rings. The minimum absolute atomic E-state index is 0.416. The predicted molar refractivity (Wildman–Crippen MR) is 67.6 cm³/mol. The number of aliphatic hydroxyl groups is 1. The van der Waals surface area contributed by atoms with Gasteiger partial charge >= 0.3 is 0 Å². The van der Waals surface area contributed by atoms with Gasteiger partial charge < -0.3 is 5.11 Å². The molecule has 2 nitrogen and oxygen atoms in total. The van der Waals surface area contributed by atoms with Crippen LogP contribution in [-0.2, 0) is 0 Å². The molecular weight excluding hydrogens is 218 g/mol. The fourth-order valence-electron chi connectivity index (χ4n) is 2.06. The lowest BCUT2D eigenvalue weighted by Crippen LogP contribution is -2.08. The molecule has 0 unspecified atom stereocenters. The molecule has 1 aromatic heterocycles. The molecule has 1 aromatic rings. The molecule has 1 aliphatic carbocycles. The largest absolute Gasteiger partial charge is 0.389 e. The summed E-state index contributed by atoms with van der Waals surface area (Å²) in [5, 5.41) is 11.2. The summed E-state index contributed by atoms with van der Waals surface area (Å²) in [4.78, 5) is 4.40. The minimum atomic E-state index is -0.416. The molecule has 16 heavy (non-hydrogen) atoms. The van der Waals surface area contributed by atoms with Gasteiger partial charge in [0.15, 0.2) is 0 Å². The van der Waals surface area contributed by atoms with Crippen molar-refractivity contribution in [1.29, 1.82) is 0 Å². The van der Waals surface area contributed by atoms with Crippen molar-refractivity contribution in [3.8, 4) is 0 Å². The van der Waals surface area contributed by atoms with Crippen LogP contribution in [0.25, 0.3) is 0 Å². The van der Waals surface area contributed by atoms with Crippen LogP contribution in [0.4, 0.5) is 0 Å². The van der Waals surface area contributed by atoms with Gasteiger partial charge in [-0.1, -0.05) is 25.3 Å². The molecule has 3 heteroatoms. The van der Waals surface area contributed by atoms with Crippen LogP contribution in [0.3, 0.4) is 0 Å². The van der Waals surface area contributed by atoms with E-state index in [1.54, 1.807) is 13.1 Å². The Morgan fingerprint density at radius 3 is 2.62 bits per heavy atom. The molecule has 0 radical (unpaired) electrons. The number of thioether (sulfide) groups is 1. The third-order valence-corrected chi connectivity index (χ3v) is 4.37. The highest BCUT2D eigenvalue weighted by Crippen LogP contribution is 2.32. The first-order valence-electron chi connectivity index (χ1n) is 6.06. The zero-order valence-corrected chi connectivity index (χ0v) is 10.5. The molecular formula is C13H19NOS. The van der Waals surface area contributed by atoms with Crippen molar-refractivity contribution in [2.24, 2.45) is 0 Å². The van der Waals surface area contributed by atoms with Crippen LogP contribution in [0.2, 0.25) is 0 Å². The maximum Gasteiger partial charge on any atom is 0.0962 e. The van der Waals surface area contributed by atoms with Crippen LogP contribution >= 0.6 is 11.8 Å². The van der Waals surface area contributed by atoms with E-state index in [1.807, 2.05) is 23.9 Å². The zero-order chi connectivity index (χ0) is 11.4. The number of aromatic nitrogens is 1. The summed E-state index contributed by atoms with van der Waals surface area (Å²) in [5.41, 5.74) is 0.896. The fraction of sp³-hybridized carbons (Fsp3) is 0.615. The van der Waals surface area contributed by atoms with Crippen LogP contribution in [0, 0.1) is 0 Å². The fourth-order valence-corrected chi connectivity index (χ4v) is 3.23. The molecule has 1 heterocycles. The van der Waals surface area contributed by atoms with Gasteiger partial charge in [-0.05, 0) is 31.4 Å². The Labute approximate surface area is 101 Å².